The van der Waals surface area contributed by atoms with Crippen LogP contribution in [-0.2, 0) is 4.79 Å². The van der Waals surface area contributed by atoms with Gasteiger partial charge in [-0.2, -0.15) is 0 Å². The van der Waals surface area contributed by atoms with Crippen molar-refractivity contribution in [2.75, 3.05) is 11.9 Å². The Kier molecular flexibility index (Phi) is 4.86. The van der Waals surface area contributed by atoms with Gasteiger partial charge < -0.3 is 10.2 Å². The van der Waals surface area contributed by atoms with Gasteiger partial charge >= 0.3 is 0 Å². The fraction of sp³-hybridized carbons (Fsp3) is 0.263. The number of anilines is 1. The first-order valence-electron chi connectivity index (χ1n) is 7.98. The van der Waals surface area contributed by atoms with Crippen molar-refractivity contribution in [2.45, 2.75) is 25.8 Å². The van der Waals surface area contributed by atoms with Gasteiger partial charge in [0.15, 0.2) is 0 Å². The second-order valence-electron chi connectivity index (χ2n) is 6.02. The highest BCUT2D eigenvalue weighted by atomic mass is 35.5. The van der Waals surface area contributed by atoms with Gasteiger partial charge in [0.25, 0.3) is 5.91 Å². The molecule has 0 radical (unpaired) electrons. The van der Waals surface area contributed by atoms with E-state index in [4.69, 9.17) is 11.6 Å². The largest absolute Gasteiger partial charge is 0.327 e. The van der Waals surface area contributed by atoms with Gasteiger partial charge in [-0.15, -0.1) is 0 Å². The molecular weight excluding hydrogens is 324 g/mol. The molecule has 1 aliphatic heterocycles. The van der Waals surface area contributed by atoms with Crippen LogP contribution < -0.4 is 5.32 Å². The molecule has 1 N–H and O–H groups in total. The Morgan fingerprint density at radius 2 is 1.75 bits per heavy atom. The summed E-state index contributed by atoms with van der Waals surface area (Å²) < 4.78 is 0. The van der Waals surface area contributed by atoms with Gasteiger partial charge in [-0.1, -0.05) is 29.3 Å². The topological polar surface area (TPSA) is 49.4 Å². The number of carbonyl (C=O) groups is 2. The van der Waals surface area contributed by atoms with E-state index in [0.717, 1.165) is 17.7 Å². The van der Waals surface area contributed by atoms with Crippen LogP contribution >= 0.6 is 11.6 Å². The van der Waals surface area contributed by atoms with Crippen molar-refractivity contribution in [2.24, 2.45) is 0 Å². The SMILES string of the molecule is Cc1ccc(NC(=O)[C@@H]2CCCN2C(=O)c2ccc(Cl)cc2)cc1. The minimum Gasteiger partial charge on any atom is -0.327 e. The molecule has 2 aromatic rings. The normalized spacial score (nSPS) is 16.9. The number of likely N-dealkylation sites (tertiary alicyclic amines) is 1. The summed E-state index contributed by atoms with van der Waals surface area (Å²) >= 11 is 5.87. The second-order valence-corrected chi connectivity index (χ2v) is 6.46. The van der Waals surface area contributed by atoms with E-state index in [2.05, 4.69) is 5.32 Å². The number of nitrogens with one attached hydrogen (secondary N) is 1. The lowest BCUT2D eigenvalue weighted by Gasteiger charge is -2.24. The molecule has 0 unspecified atom stereocenters. The molecule has 0 bridgehead atoms. The number of carbonyl (C=O) groups excluding carboxylic acids is 2. The Morgan fingerprint density at radius 1 is 1.08 bits per heavy atom. The van der Waals surface area contributed by atoms with Crippen molar-refractivity contribution < 1.29 is 9.59 Å². The maximum absolute atomic E-state index is 12.7. The molecule has 0 spiro atoms. The molecule has 2 amide bonds. The van der Waals surface area contributed by atoms with E-state index in [1.165, 1.54) is 0 Å². The van der Waals surface area contributed by atoms with Gasteiger partial charge in [0, 0.05) is 22.8 Å². The minimum absolute atomic E-state index is 0.131. The third-order valence-corrected chi connectivity index (χ3v) is 4.48. The summed E-state index contributed by atoms with van der Waals surface area (Å²) in [6, 6.07) is 14.0. The minimum atomic E-state index is -0.436. The molecule has 2 aromatic carbocycles. The van der Waals surface area contributed by atoms with Gasteiger partial charge in [0.1, 0.15) is 6.04 Å². The van der Waals surface area contributed by atoms with Gasteiger partial charge in [-0.25, -0.2) is 0 Å². The predicted octanol–water partition coefficient (Wildman–Crippen LogP) is 3.89. The Bertz CT molecular complexity index is 741. The van der Waals surface area contributed by atoms with Crippen LogP contribution in [0.2, 0.25) is 5.02 Å². The Labute approximate surface area is 146 Å². The van der Waals surface area contributed by atoms with Gasteiger partial charge in [0.05, 0.1) is 0 Å². The first-order valence-corrected chi connectivity index (χ1v) is 8.36. The van der Waals surface area contributed by atoms with Gasteiger partial charge in [-0.05, 0) is 56.2 Å². The highest BCUT2D eigenvalue weighted by molar-refractivity contribution is 6.30. The van der Waals surface area contributed by atoms with Crippen LogP contribution in [0.3, 0.4) is 0 Å². The van der Waals surface area contributed by atoms with Crippen molar-refractivity contribution in [3.8, 4) is 0 Å². The average Bonchev–Trinajstić information content (AvgIpc) is 3.07. The molecule has 1 saturated heterocycles. The third-order valence-electron chi connectivity index (χ3n) is 4.23. The summed E-state index contributed by atoms with van der Waals surface area (Å²) in [5.41, 5.74) is 2.43. The quantitative estimate of drug-likeness (QED) is 0.919. The number of aryl methyl sites for hydroxylation is 1. The van der Waals surface area contributed by atoms with Crippen LogP contribution in [0.15, 0.2) is 48.5 Å². The number of nitrogens with zero attached hydrogens (tertiary/aromatic N) is 1. The molecule has 0 aliphatic carbocycles. The summed E-state index contributed by atoms with van der Waals surface area (Å²) in [5.74, 6) is -0.271. The molecule has 24 heavy (non-hydrogen) atoms. The Balaban J connectivity index is 1.72. The van der Waals surface area contributed by atoms with E-state index in [1.807, 2.05) is 31.2 Å². The summed E-state index contributed by atoms with van der Waals surface area (Å²) in [4.78, 5) is 26.9. The number of hydrogen-bond acceptors (Lipinski definition) is 2. The number of halogens is 1. The number of benzene rings is 2. The van der Waals surface area contributed by atoms with E-state index in [-0.39, 0.29) is 11.8 Å². The van der Waals surface area contributed by atoms with E-state index in [1.54, 1.807) is 29.2 Å². The van der Waals surface area contributed by atoms with Crippen LogP contribution in [0, 0.1) is 6.92 Å². The molecule has 4 nitrogen and oxygen atoms in total. The molecule has 1 fully saturated rings. The summed E-state index contributed by atoms with van der Waals surface area (Å²) in [6.45, 7) is 2.59. The van der Waals surface area contributed by atoms with E-state index in [0.29, 0.717) is 23.6 Å². The zero-order chi connectivity index (χ0) is 17.1. The molecule has 3 rings (SSSR count). The van der Waals surface area contributed by atoms with Crippen molar-refractivity contribution in [3.05, 3.63) is 64.7 Å². The van der Waals surface area contributed by atoms with Crippen molar-refractivity contribution >= 4 is 29.1 Å². The Morgan fingerprint density at radius 3 is 2.42 bits per heavy atom. The first kappa shape index (κ1) is 16.5. The Hall–Kier alpha value is -2.33. The average molecular weight is 343 g/mol. The zero-order valence-electron chi connectivity index (χ0n) is 13.5. The summed E-state index contributed by atoms with van der Waals surface area (Å²) in [6.07, 6.45) is 1.50. The number of amides is 2. The maximum Gasteiger partial charge on any atom is 0.254 e. The monoisotopic (exact) mass is 342 g/mol. The molecule has 124 valence electrons. The fourth-order valence-corrected chi connectivity index (χ4v) is 3.03. The summed E-state index contributed by atoms with van der Waals surface area (Å²) in [7, 11) is 0. The summed E-state index contributed by atoms with van der Waals surface area (Å²) in [5, 5.41) is 3.49. The molecule has 0 aromatic heterocycles. The maximum atomic E-state index is 12.7. The van der Waals surface area contributed by atoms with Crippen molar-refractivity contribution in [1.82, 2.24) is 4.90 Å². The van der Waals surface area contributed by atoms with Crippen molar-refractivity contribution in [3.63, 3.8) is 0 Å². The molecule has 1 heterocycles. The number of hydrogen-bond donors (Lipinski definition) is 1. The lowest BCUT2D eigenvalue weighted by molar-refractivity contribution is -0.119. The first-order chi connectivity index (χ1) is 11.5. The van der Waals surface area contributed by atoms with Gasteiger partial charge in [-0.3, -0.25) is 9.59 Å². The molecule has 1 aliphatic rings. The fourth-order valence-electron chi connectivity index (χ4n) is 2.90. The zero-order valence-corrected chi connectivity index (χ0v) is 14.2. The van der Waals surface area contributed by atoms with E-state index in [9.17, 15) is 9.59 Å². The number of rotatable bonds is 3. The van der Waals surface area contributed by atoms with Crippen LogP contribution in [0.5, 0.6) is 0 Å². The van der Waals surface area contributed by atoms with E-state index >= 15 is 0 Å². The van der Waals surface area contributed by atoms with Crippen molar-refractivity contribution in [1.29, 1.82) is 0 Å². The van der Waals surface area contributed by atoms with E-state index < -0.39 is 6.04 Å². The predicted molar refractivity (Wildman–Crippen MR) is 95.3 cm³/mol. The lowest BCUT2D eigenvalue weighted by Crippen LogP contribution is -2.43. The lowest BCUT2D eigenvalue weighted by atomic mass is 10.1. The van der Waals surface area contributed by atoms with Crippen LogP contribution in [0.1, 0.15) is 28.8 Å². The van der Waals surface area contributed by atoms with Crippen LogP contribution in [0.25, 0.3) is 0 Å². The molecule has 1 atom stereocenters. The van der Waals surface area contributed by atoms with Crippen LogP contribution in [-0.4, -0.2) is 29.3 Å². The third kappa shape index (κ3) is 3.60. The smallest absolute Gasteiger partial charge is 0.254 e. The molecular formula is C19H19ClN2O2. The highest BCUT2D eigenvalue weighted by Crippen LogP contribution is 2.22. The molecule has 5 heteroatoms. The highest BCUT2D eigenvalue weighted by Gasteiger charge is 2.34. The van der Waals surface area contributed by atoms with Gasteiger partial charge in [0.2, 0.25) is 5.91 Å². The second kappa shape index (κ2) is 7.05. The molecule has 0 saturated carbocycles. The standard InChI is InChI=1S/C19H19ClN2O2/c1-13-4-10-16(11-5-13)21-18(23)17-3-2-12-22(17)19(24)14-6-8-15(20)9-7-14/h4-11,17H,2-3,12H2,1H3,(H,21,23)/t17-/m0/s1. The van der Waals surface area contributed by atoms with Crippen LogP contribution in [0.4, 0.5) is 5.69 Å².